The fourth-order valence-corrected chi connectivity index (χ4v) is 3.83. The van der Waals surface area contributed by atoms with Crippen LogP contribution in [0, 0.1) is 11.3 Å². The summed E-state index contributed by atoms with van der Waals surface area (Å²) in [6, 6.07) is 0. The van der Waals surface area contributed by atoms with E-state index < -0.39 is 11.0 Å². The van der Waals surface area contributed by atoms with Crippen molar-refractivity contribution in [3.05, 3.63) is 65.2 Å². The van der Waals surface area contributed by atoms with E-state index in [1.807, 2.05) is 32.1 Å². The van der Waals surface area contributed by atoms with Gasteiger partial charge in [-0.2, -0.15) is 0 Å². The first-order valence-electron chi connectivity index (χ1n) is 8.30. The van der Waals surface area contributed by atoms with Gasteiger partial charge in [0.2, 0.25) is 6.79 Å². The molecule has 1 aliphatic heterocycles. The Morgan fingerprint density at radius 3 is 2.96 bits per heavy atom. The number of carbonyl (C=O) groups excluding carboxylic acids is 1. The van der Waals surface area contributed by atoms with Crippen LogP contribution in [0.2, 0.25) is 0 Å². The molecule has 2 unspecified atom stereocenters. The van der Waals surface area contributed by atoms with Gasteiger partial charge in [0.15, 0.2) is 5.76 Å². The zero-order valence-corrected chi connectivity index (χ0v) is 14.2. The van der Waals surface area contributed by atoms with E-state index in [-0.39, 0.29) is 12.7 Å². The molecule has 0 aromatic carbocycles. The van der Waals surface area contributed by atoms with Gasteiger partial charge in [0.25, 0.3) is 0 Å². The summed E-state index contributed by atoms with van der Waals surface area (Å²) in [7, 11) is 0. The molecule has 1 aromatic heterocycles. The number of nitrogens with zero attached hydrogens (tertiary/aromatic N) is 1. The Morgan fingerprint density at radius 2 is 2.28 bits per heavy atom. The summed E-state index contributed by atoms with van der Waals surface area (Å²) in [6.07, 6.45) is 11.9. The Labute approximate surface area is 145 Å². The summed E-state index contributed by atoms with van der Waals surface area (Å²) in [6.45, 7) is 3.98. The molecule has 3 aliphatic rings. The van der Waals surface area contributed by atoms with Crippen molar-refractivity contribution >= 4 is 6.29 Å². The normalized spacial score (nSPS) is 26.9. The topological polar surface area (TPSA) is 84.4 Å². The third kappa shape index (κ3) is 2.14. The van der Waals surface area contributed by atoms with Gasteiger partial charge in [-0.1, -0.05) is 32.1 Å². The van der Waals surface area contributed by atoms with Crippen LogP contribution in [0.15, 0.2) is 59.5 Å². The lowest BCUT2D eigenvalue weighted by atomic mass is 9.62. The Bertz CT molecular complexity index is 832. The van der Waals surface area contributed by atoms with Gasteiger partial charge in [0, 0.05) is 12.6 Å². The minimum Gasteiger partial charge on any atom is -0.458 e. The largest absolute Gasteiger partial charge is 0.458 e. The van der Waals surface area contributed by atoms with Gasteiger partial charge >= 0.3 is 0 Å². The van der Waals surface area contributed by atoms with E-state index in [2.05, 4.69) is 9.97 Å². The molecule has 0 bridgehead atoms. The van der Waals surface area contributed by atoms with Crippen molar-refractivity contribution in [1.82, 2.24) is 9.97 Å². The zero-order chi connectivity index (χ0) is 17.7. The predicted molar refractivity (Wildman–Crippen MR) is 89.8 cm³/mol. The molecule has 0 fully saturated rings. The van der Waals surface area contributed by atoms with Crippen LogP contribution in [-0.4, -0.2) is 28.2 Å². The quantitative estimate of drug-likeness (QED) is 0.823. The summed E-state index contributed by atoms with van der Waals surface area (Å²) < 4.78 is 10.9. The van der Waals surface area contributed by atoms with Crippen molar-refractivity contribution in [2.75, 3.05) is 6.79 Å². The molecule has 2 N–H and O–H groups in total. The highest BCUT2D eigenvalue weighted by Crippen LogP contribution is 2.50. The number of hydrogen-bond donors (Lipinski definition) is 2. The molecule has 6 heteroatoms. The molecule has 0 spiro atoms. The first-order valence-corrected chi connectivity index (χ1v) is 8.30. The molecule has 0 amide bonds. The number of nitrogens with one attached hydrogen (secondary N) is 1. The number of hydrogen-bond acceptors (Lipinski definition) is 5. The molecule has 1 aromatic rings. The zero-order valence-electron chi connectivity index (χ0n) is 14.2. The number of aldehydes is 1. The second kappa shape index (κ2) is 5.46. The van der Waals surface area contributed by atoms with Crippen molar-refractivity contribution in [2.24, 2.45) is 11.3 Å². The summed E-state index contributed by atoms with van der Waals surface area (Å²) in [5, 5.41) is 11.6. The Morgan fingerprint density at radius 1 is 1.44 bits per heavy atom. The van der Waals surface area contributed by atoms with Crippen LogP contribution in [0.5, 0.6) is 0 Å². The first kappa shape index (κ1) is 15.9. The molecule has 2 heterocycles. The van der Waals surface area contributed by atoms with Crippen molar-refractivity contribution in [1.29, 1.82) is 0 Å². The van der Waals surface area contributed by atoms with Crippen molar-refractivity contribution < 1.29 is 19.4 Å². The molecular weight excluding hydrogens is 320 g/mol. The molecule has 2 aliphatic carbocycles. The first-order chi connectivity index (χ1) is 12.0. The van der Waals surface area contributed by atoms with E-state index in [1.165, 1.54) is 6.33 Å². The summed E-state index contributed by atoms with van der Waals surface area (Å²) in [4.78, 5) is 19.4. The number of rotatable bonds is 4. The molecular formula is C19H20N2O4. The molecule has 130 valence electrons. The Hall–Kier alpha value is -2.60. The number of carbonyl (C=O) groups is 1. The second-order valence-electron chi connectivity index (χ2n) is 6.90. The number of aromatic nitrogens is 2. The van der Waals surface area contributed by atoms with E-state index in [1.54, 1.807) is 12.3 Å². The number of aromatic amines is 1. The molecule has 25 heavy (non-hydrogen) atoms. The highest BCUT2D eigenvalue weighted by molar-refractivity contribution is 5.73. The van der Waals surface area contributed by atoms with Gasteiger partial charge in [-0.3, -0.25) is 0 Å². The van der Waals surface area contributed by atoms with Crippen LogP contribution in [0.1, 0.15) is 26.0 Å². The highest BCUT2D eigenvalue weighted by Gasteiger charge is 2.53. The van der Waals surface area contributed by atoms with Gasteiger partial charge in [0.05, 0.1) is 17.4 Å². The third-order valence-electron chi connectivity index (χ3n) is 5.26. The van der Waals surface area contributed by atoms with Gasteiger partial charge in [-0.15, -0.1) is 0 Å². The lowest BCUT2D eigenvalue weighted by Gasteiger charge is -2.44. The minimum atomic E-state index is -1.47. The lowest BCUT2D eigenvalue weighted by molar-refractivity contribution is -0.132. The standard InChI is InChI=1S/C19H20N2O4/c1-12(2)19(23,17-8-20-10-21-17)18(9-22)4-3-13-5-15-16(25-11-24-15)6-14(13)7-18/h3-5,7-10,12,23H,6,11H2,1-2H3,(H,20,21). The summed E-state index contributed by atoms with van der Waals surface area (Å²) in [5.41, 5.74) is -0.325. The fraction of sp³-hybridized carbons (Fsp3) is 0.368. The SMILES string of the molecule is CC(C)C(O)(c1c[nH]cn1)C1(C=O)C=CC2=CC3=C(CC2=C1)OCO3. The maximum Gasteiger partial charge on any atom is 0.230 e. The van der Waals surface area contributed by atoms with E-state index in [0.717, 1.165) is 29.0 Å². The molecule has 0 radical (unpaired) electrons. The molecule has 2 atom stereocenters. The van der Waals surface area contributed by atoms with Crippen LogP contribution in [0.25, 0.3) is 0 Å². The number of imidazole rings is 1. The van der Waals surface area contributed by atoms with Gasteiger partial charge in [-0.05, 0) is 23.1 Å². The van der Waals surface area contributed by atoms with Crippen molar-refractivity contribution in [3.63, 3.8) is 0 Å². The number of H-pyrrole nitrogens is 1. The Kier molecular flexibility index (Phi) is 3.47. The van der Waals surface area contributed by atoms with Crippen LogP contribution in [0.3, 0.4) is 0 Å². The van der Waals surface area contributed by atoms with Crippen molar-refractivity contribution in [2.45, 2.75) is 25.9 Å². The van der Waals surface area contributed by atoms with E-state index >= 15 is 0 Å². The average Bonchev–Trinajstić information content (AvgIpc) is 3.29. The van der Waals surface area contributed by atoms with Gasteiger partial charge < -0.3 is 24.4 Å². The lowest BCUT2D eigenvalue weighted by Crippen LogP contribution is -2.50. The van der Waals surface area contributed by atoms with E-state index in [9.17, 15) is 9.90 Å². The average molecular weight is 340 g/mol. The number of fused-ring (bicyclic) bond motifs is 1. The molecule has 4 rings (SSSR count). The monoisotopic (exact) mass is 340 g/mol. The Balaban J connectivity index is 1.83. The number of aliphatic hydroxyl groups is 1. The van der Waals surface area contributed by atoms with Crippen LogP contribution >= 0.6 is 0 Å². The fourth-order valence-electron chi connectivity index (χ4n) is 3.83. The summed E-state index contributed by atoms with van der Waals surface area (Å²) in [5.74, 6) is 1.26. The molecule has 0 saturated heterocycles. The smallest absolute Gasteiger partial charge is 0.230 e. The van der Waals surface area contributed by atoms with Crippen LogP contribution < -0.4 is 0 Å². The van der Waals surface area contributed by atoms with Gasteiger partial charge in [-0.25, -0.2) is 4.98 Å². The maximum absolute atomic E-state index is 12.2. The summed E-state index contributed by atoms with van der Waals surface area (Å²) >= 11 is 0. The van der Waals surface area contributed by atoms with Crippen molar-refractivity contribution in [3.8, 4) is 0 Å². The van der Waals surface area contributed by atoms with Crippen LogP contribution in [-0.2, 0) is 19.9 Å². The predicted octanol–water partition coefficient (Wildman–Crippen LogP) is 2.48. The van der Waals surface area contributed by atoms with Gasteiger partial charge in [0.1, 0.15) is 17.6 Å². The second-order valence-corrected chi connectivity index (χ2v) is 6.90. The van der Waals surface area contributed by atoms with Crippen LogP contribution in [0.4, 0.5) is 0 Å². The van der Waals surface area contributed by atoms with E-state index in [4.69, 9.17) is 9.47 Å². The minimum absolute atomic E-state index is 0.216. The van der Waals surface area contributed by atoms with E-state index in [0.29, 0.717) is 12.1 Å². The highest BCUT2D eigenvalue weighted by atomic mass is 16.7. The molecule has 6 nitrogen and oxygen atoms in total. The number of ether oxygens (including phenoxy) is 2. The third-order valence-corrected chi connectivity index (χ3v) is 5.26. The number of allylic oxidation sites excluding steroid dienone is 4. The molecule has 0 saturated carbocycles. The maximum atomic E-state index is 12.2.